The molecule has 0 bridgehead atoms. The van der Waals surface area contributed by atoms with Crippen molar-refractivity contribution in [2.45, 2.75) is 32.1 Å². The van der Waals surface area contributed by atoms with Crippen LogP contribution in [0.1, 0.15) is 95.8 Å². The van der Waals surface area contributed by atoms with Crippen molar-refractivity contribution >= 4 is 68.8 Å². The molecule has 4 aromatic rings. The molecule has 1 aliphatic rings. The molecule has 1 heterocycles. The Kier molecular flexibility index (Phi) is 20.4. The molecule has 0 aromatic heterocycles. The van der Waals surface area contributed by atoms with Gasteiger partial charge in [0.15, 0.2) is 0 Å². The van der Waals surface area contributed by atoms with Crippen molar-refractivity contribution in [1.82, 2.24) is 0 Å². The average Bonchev–Trinajstić information content (AvgIpc) is 3.17. The van der Waals surface area contributed by atoms with Crippen LogP contribution in [0.15, 0.2) is 97.1 Å². The van der Waals surface area contributed by atoms with Crippen molar-refractivity contribution < 1.29 is 80.0 Å². The van der Waals surface area contributed by atoms with Crippen LogP contribution in [0, 0.1) is 0 Å². The van der Waals surface area contributed by atoms with E-state index in [0.717, 1.165) is 54.1 Å². The van der Waals surface area contributed by atoms with Gasteiger partial charge in [0.2, 0.25) is 0 Å². The Labute approximate surface area is 344 Å². The zero-order valence-corrected chi connectivity index (χ0v) is 34.0. The van der Waals surface area contributed by atoms with Gasteiger partial charge in [-0.25, -0.2) is 26.4 Å². The van der Waals surface area contributed by atoms with Crippen molar-refractivity contribution in [2.24, 2.45) is 0 Å². The molecule has 0 radical (unpaired) electrons. The summed E-state index contributed by atoms with van der Waals surface area (Å²) in [5.41, 5.74) is 5.66. The minimum absolute atomic E-state index is 0. The molecule has 11 nitrogen and oxygen atoms in total. The summed E-state index contributed by atoms with van der Waals surface area (Å²) in [5, 5.41) is 8.79. The summed E-state index contributed by atoms with van der Waals surface area (Å²) in [5.74, 6) is -1.04. The molecular formula is C41H41NaO11S2. The summed E-state index contributed by atoms with van der Waals surface area (Å²) >= 11 is 0. The SMILES string of the molecule is O=Cc1ccc(/C=C/c2ccc(C(=O)O)cc2)cc1.O=Cc1ccc(/C=C/c2ccc(C(=O)OCCCCS(=O)(=O)[O-])cc2)cc1.O=S1(=O)CCCCC1.[Na+]. The van der Waals surface area contributed by atoms with Gasteiger partial charge in [-0.3, -0.25) is 9.59 Å². The van der Waals surface area contributed by atoms with Gasteiger partial charge in [0.05, 0.1) is 39.4 Å². The third kappa shape index (κ3) is 19.1. The molecule has 1 saturated heterocycles. The predicted molar refractivity (Wildman–Crippen MR) is 208 cm³/mol. The fourth-order valence-electron chi connectivity index (χ4n) is 4.78. The number of ether oxygens (including phenoxy) is 1. The molecule has 0 unspecified atom stereocenters. The molecule has 4 aromatic carbocycles. The van der Waals surface area contributed by atoms with Crippen molar-refractivity contribution in [3.63, 3.8) is 0 Å². The minimum atomic E-state index is -4.22. The molecule has 0 saturated carbocycles. The maximum absolute atomic E-state index is 11.9. The van der Waals surface area contributed by atoms with Gasteiger partial charge < -0.3 is 14.4 Å². The molecule has 0 spiro atoms. The van der Waals surface area contributed by atoms with Gasteiger partial charge in [-0.15, -0.1) is 0 Å². The van der Waals surface area contributed by atoms with Crippen LogP contribution in [-0.2, 0) is 24.7 Å². The third-order valence-electron chi connectivity index (χ3n) is 7.82. The van der Waals surface area contributed by atoms with Gasteiger partial charge in [0, 0.05) is 16.9 Å². The maximum atomic E-state index is 11.9. The van der Waals surface area contributed by atoms with E-state index in [-0.39, 0.29) is 48.1 Å². The number of benzene rings is 4. The molecule has 5 rings (SSSR count). The van der Waals surface area contributed by atoms with E-state index in [1.807, 2.05) is 48.6 Å². The van der Waals surface area contributed by atoms with E-state index in [4.69, 9.17) is 9.84 Å². The quantitative estimate of drug-likeness (QED) is 0.0512. The first kappa shape index (κ1) is 46.7. The molecule has 14 heteroatoms. The Bertz CT molecular complexity index is 2100. The van der Waals surface area contributed by atoms with Crippen LogP contribution in [0.25, 0.3) is 24.3 Å². The van der Waals surface area contributed by atoms with Crippen molar-refractivity contribution in [3.05, 3.63) is 142 Å². The number of rotatable bonds is 13. The zero-order valence-electron chi connectivity index (χ0n) is 30.4. The first-order chi connectivity index (χ1) is 25.8. The van der Waals surface area contributed by atoms with E-state index in [1.165, 1.54) is 0 Å². The van der Waals surface area contributed by atoms with Crippen molar-refractivity contribution in [1.29, 1.82) is 0 Å². The van der Waals surface area contributed by atoms with E-state index >= 15 is 0 Å². The van der Waals surface area contributed by atoms with Crippen LogP contribution in [-0.4, -0.2) is 74.9 Å². The summed E-state index contributed by atoms with van der Waals surface area (Å²) in [6.45, 7) is 0.0623. The molecule has 55 heavy (non-hydrogen) atoms. The van der Waals surface area contributed by atoms with Crippen LogP contribution in [0.2, 0.25) is 0 Å². The molecule has 0 atom stereocenters. The number of aromatic carboxylic acids is 1. The van der Waals surface area contributed by atoms with Crippen LogP contribution in [0.4, 0.5) is 0 Å². The van der Waals surface area contributed by atoms with E-state index < -0.39 is 37.6 Å². The third-order valence-corrected chi connectivity index (χ3v) is 10.4. The van der Waals surface area contributed by atoms with Crippen LogP contribution >= 0.6 is 0 Å². The molecule has 0 amide bonds. The fourth-order valence-corrected chi connectivity index (χ4v) is 6.82. The van der Waals surface area contributed by atoms with Gasteiger partial charge in [-0.2, -0.15) is 0 Å². The maximum Gasteiger partial charge on any atom is 1.00 e. The minimum Gasteiger partial charge on any atom is -0.748 e. The van der Waals surface area contributed by atoms with Gasteiger partial charge in [-0.1, -0.05) is 104 Å². The van der Waals surface area contributed by atoms with Gasteiger partial charge in [-0.05, 0) is 72.2 Å². The normalized spacial score (nSPS) is 13.3. The van der Waals surface area contributed by atoms with Gasteiger partial charge in [0.25, 0.3) is 0 Å². The number of carbonyl (C=O) groups is 4. The van der Waals surface area contributed by atoms with Crippen LogP contribution in [0.3, 0.4) is 0 Å². The number of carboxylic acids is 1. The number of sulfone groups is 1. The second kappa shape index (κ2) is 24.1. The standard InChI is InChI=1S/C20H20O6S.C16H12O3.C5H10O2S.Na/c21-15-18-7-5-16(6-8-18)3-4-17-9-11-19(12-10-17)20(22)26-13-1-2-14-27(23,24)25;17-11-14-5-3-12(4-6-14)1-2-13-7-9-15(10-8-13)16(18)19;6-8(7)4-2-1-3-5-8;/h3-12,15H,1-2,13-14H2,(H,23,24,25);1-11H,(H,18,19);1-5H2;/q;;;+1/p-1/b4-3+;2-1+;;. The first-order valence-corrected chi connectivity index (χ1v) is 20.4. The van der Waals surface area contributed by atoms with Crippen molar-refractivity contribution in [2.75, 3.05) is 23.9 Å². The Morgan fingerprint density at radius 3 is 1.31 bits per heavy atom. The molecule has 1 fully saturated rings. The largest absolute Gasteiger partial charge is 1.00 e. The topological polar surface area (TPSA) is 189 Å². The first-order valence-electron chi connectivity index (χ1n) is 17.0. The Morgan fingerprint density at radius 1 is 0.618 bits per heavy atom. The number of carbonyl (C=O) groups excluding carboxylic acids is 3. The number of aldehydes is 2. The number of hydrogen-bond donors (Lipinski definition) is 1. The summed E-state index contributed by atoms with van der Waals surface area (Å²) in [4.78, 5) is 43.8. The monoisotopic (exact) mass is 796 g/mol. The number of esters is 1. The van der Waals surface area contributed by atoms with E-state index in [0.29, 0.717) is 34.6 Å². The molecule has 1 N–H and O–H groups in total. The van der Waals surface area contributed by atoms with Crippen LogP contribution < -0.4 is 29.6 Å². The van der Waals surface area contributed by atoms with E-state index in [2.05, 4.69) is 0 Å². The predicted octanol–water partition coefficient (Wildman–Crippen LogP) is 4.11. The Hall–Kier alpha value is -4.50. The number of carboxylic acid groups (broad SMARTS) is 1. The number of hydrogen-bond acceptors (Lipinski definition) is 10. The van der Waals surface area contributed by atoms with Crippen molar-refractivity contribution in [3.8, 4) is 0 Å². The van der Waals surface area contributed by atoms with Gasteiger partial charge in [0.1, 0.15) is 22.4 Å². The van der Waals surface area contributed by atoms with E-state index in [9.17, 15) is 40.6 Å². The fraction of sp³-hybridized carbons (Fsp3) is 0.220. The summed E-state index contributed by atoms with van der Waals surface area (Å²) in [6, 6.07) is 27.8. The molecule has 1 aliphatic heterocycles. The molecule has 284 valence electrons. The molecular weight excluding hydrogens is 756 g/mol. The Balaban J connectivity index is 0.000000322. The summed E-state index contributed by atoms with van der Waals surface area (Å²) < 4.78 is 57.8. The average molecular weight is 797 g/mol. The second-order valence-corrected chi connectivity index (χ2v) is 15.9. The van der Waals surface area contributed by atoms with E-state index in [1.54, 1.807) is 72.8 Å². The second-order valence-electron chi connectivity index (χ2n) is 12.1. The summed E-state index contributed by atoms with van der Waals surface area (Å²) in [6.07, 6.45) is 12.5. The van der Waals surface area contributed by atoms with Gasteiger partial charge >= 0.3 is 41.5 Å². The molecule has 0 aliphatic carbocycles. The van der Waals surface area contributed by atoms with Crippen LogP contribution in [0.5, 0.6) is 0 Å². The summed E-state index contributed by atoms with van der Waals surface area (Å²) in [7, 11) is -6.81. The smallest absolute Gasteiger partial charge is 0.748 e. The Morgan fingerprint density at radius 2 is 0.982 bits per heavy atom. The number of unbranched alkanes of at least 4 members (excludes halogenated alkanes) is 1. The zero-order chi connectivity index (χ0) is 39.4.